The number of nitrogens with zero attached hydrogens (tertiary/aromatic N) is 1. The van der Waals surface area contributed by atoms with Crippen molar-refractivity contribution in [1.29, 1.82) is 0 Å². The minimum absolute atomic E-state index is 0.157. The first-order valence-electron chi connectivity index (χ1n) is 5.89. The Morgan fingerprint density at radius 1 is 1.35 bits per heavy atom. The van der Waals surface area contributed by atoms with Crippen LogP contribution in [0.25, 0.3) is 0 Å². The summed E-state index contributed by atoms with van der Waals surface area (Å²) in [4.78, 5) is 2.45. The van der Waals surface area contributed by atoms with Gasteiger partial charge in [-0.2, -0.15) is 0 Å². The Labute approximate surface area is 113 Å². The normalized spacial score (nSPS) is 20.5. The topological polar surface area (TPSA) is 15.3 Å². The van der Waals surface area contributed by atoms with Crippen molar-refractivity contribution in [1.82, 2.24) is 10.2 Å². The molecule has 0 atom stereocenters. The van der Waals surface area contributed by atoms with Gasteiger partial charge in [0.05, 0.1) is 0 Å². The molecule has 1 aromatic rings. The first-order chi connectivity index (χ1) is 7.99. The number of nitrogens with one attached hydrogen (secondary N) is 1. The molecule has 94 valence electrons. The zero-order valence-electron chi connectivity index (χ0n) is 10.3. The third kappa shape index (κ3) is 3.14. The molecule has 1 N–H and O–H groups in total. The Kier molecular flexibility index (Phi) is 3.99. The van der Waals surface area contributed by atoms with Crippen LogP contribution in [0.15, 0.2) is 18.2 Å². The van der Waals surface area contributed by atoms with Gasteiger partial charge >= 0.3 is 0 Å². The Balaban J connectivity index is 2.16. The summed E-state index contributed by atoms with van der Waals surface area (Å²) in [6, 6.07) is 5.66. The summed E-state index contributed by atoms with van der Waals surface area (Å²) in [5, 5.41) is 4.96. The molecule has 2 nitrogen and oxygen atoms in total. The number of hydrogen-bond acceptors (Lipinski definition) is 2. The second-order valence-corrected chi connectivity index (χ2v) is 5.99. The first kappa shape index (κ1) is 13.2. The third-order valence-corrected chi connectivity index (χ3v) is 3.94. The van der Waals surface area contributed by atoms with Crippen LogP contribution in [0.5, 0.6) is 0 Å². The van der Waals surface area contributed by atoms with E-state index in [0.29, 0.717) is 0 Å². The molecule has 4 heteroatoms. The zero-order chi connectivity index (χ0) is 12.5. The molecule has 0 bridgehead atoms. The van der Waals surface area contributed by atoms with Crippen LogP contribution < -0.4 is 5.32 Å². The summed E-state index contributed by atoms with van der Waals surface area (Å²) in [6.45, 7) is 8.42. The van der Waals surface area contributed by atoms with E-state index in [1.807, 2.05) is 18.2 Å². The fourth-order valence-corrected chi connectivity index (χ4v) is 2.56. The highest BCUT2D eigenvalue weighted by molar-refractivity contribution is 6.33. The van der Waals surface area contributed by atoms with Gasteiger partial charge in [-0.05, 0) is 37.6 Å². The van der Waals surface area contributed by atoms with Gasteiger partial charge in [0.2, 0.25) is 0 Å². The lowest BCUT2D eigenvalue weighted by Gasteiger charge is -2.43. The van der Waals surface area contributed by atoms with Gasteiger partial charge in [0.25, 0.3) is 0 Å². The molecule has 0 spiro atoms. The fourth-order valence-electron chi connectivity index (χ4n) is 2.19. The standard InChI is InChI=1S/C13H18Cl2N2/c1-13(2)9-16-5-6-17(13)8-10-7-11(14)3-4-12(10)15/h3-4,7,16H,5-6,8-9H2,1-2H3. The van der Waals surface area contributed by atoms with E-state index in [-0.39, 0.29) is 5.54 Å². The summed E-state index contributed by atoms with van der Waals surface area (Å²) in [5.41, 5.74) is 1.26. The van der Waals surface area contributed by atoms with Gasteiger partial charge in [0, 0.05) is 41.8 Å². The molecule has 1 aliphatic heterocycles. The van der Waals surface area contributed by atoms with Crippen molar-refractivity contribution < 1.29 is 0 Å². The van der Waals surface area contributed by atoms with Gasteiger partial charge in [-0.3, -0.25) is 4.90 Å². The second-order valence-electron chi connectivity index (χ2n) is 5.15. The van der Waals surface area contributed by atoms with Gasteiger partial charge in [-0.1, -0.05) is 23.2 Å². The molecule has 1 fully saturated rings. The van der Waals surface area contributed by atoms with Crippen LogP contribution >= 0.6 is 23.2 Å². The smallest absolute Gasteiger partial charge is 0.0452 e. The molecule has 1 aliphatic rings. The number of rotatable bonds is 2. The number of benzene rings is 1. The predicted molar refractivity (Wildman–Crippen MR) is 73.8 cm³/mol. The van der Waals surface area contributed by atoms with Crippen molar-refractivity contribution in [2.45, 2.75) is 25.9 Å². The maximum Gasteiger partial charge on any atom is 0.0452 e. The van der Waals surface area contributed by atoms with Crippen LogP contribution in [-0.4, -0.2) is 30.1 Å². The summed E-state index contributed by atoms with van der Waals surface area (Å²) < 4.78 is 0. The average molecular weight is 273 g/mol. The van der Waals surface area contributed by atoms with Crippen LogP contribution in [0.2, 0.25) is 10.0 Å². The highest BCUT2D eigenvalue weighted by Crippen LogP contribution is 2.25. The summed E-state index contributed by atoms with van der Waals surface area (Å²) in [5.74, 6) is 0. The van der Waals surface area contributed by atoms with E-state index >= 15 is 0 Å². The summed E-state index contributed by atoms with van der Waals surface area (Å²) >= 11 is 12.2. The predicted octanol–water partition coefficient (Wildman–Crippen LogP) is 3.18. The van der Waals surface area contributed by atoms with E-state index in [9.17, 15) is 0 Å². The first-order valence-corrected chi connectivity index (χ1v) is 6.64. The maximum absolute atomic E-state index is 6.21. The highest BCUT2D eigenvalue weighted by atomic mass is 35.5. The highest BCUT2D eigenvalue weighted by Gasteiger charge is 2.29. The monoisotopic (exact) mass is 272 g/mol. The van der Waals surface area contributed by atoms with Crippen LogP contribution in [-0.2, 0) is 6.54 Å². The average Bonchev–Trinajstić information content (AvgIpc) is 2.26. The summed E-state index contributed by atoms with van der Waals surface area (Å²) in [6.07, 6.45) is 0. The van der Waals surface area contributed by atoms with E-state index in [2.05, 4.69) is 24.1 Å². The molecule has 0 unspecified atom stereocenters. The quantitative estimate of drug-likeness (QED) is 0.890. The van der Waals surface area contributed by atoms with E-state index < -0.39 is 0 Å². The van der Waals surface area contributed by atoms with Gasteiger partial charge < -0.3 is 5.32 Å². The van der Waals surface area contributed by atoms with Crippen LogP contribution in [0, 0.1) is 0 Å². The molecule has 0 amide bonds. The largest absolute Gasteiger partial charge is 0.314 e. The van der Waals surface area contributed by atoms with Crippen LogP contribution in [0.4, 0.5) is 0 Å². The molecule has 0 saturated carbocycles. The van der Waals surface area contributed by atoms with Gasteiger partial charge in [-0.25, -0.2) is 0 Å². The molecule has 1 aromatic carbocycles. The minimum atomic E-state index is 0.157. The Hall–Kier alpha value is -0.280. The SMILES string of the molecule is CC1(C)CNCCN1Cc1cc(Cl)ccc1Cl. The Bertz CT molecular complexity index is 404. The molecule has 0 aliphatic carbocycles. The lowest BCUT2D eigenvalue weighted by atomic mass is 9.99. The second kappa shape index (κ2) is 5.15. The Morgan fingerprint density at radius 2 is 2.12 bits per heavy atom. The molecule has 0 aromatic heterocycles. The van der Waals surface area contributed by atoms with E-state index in [4.69, 9.17) is 23.2 Å². The van der Waals surface area contributed by atoms with Crippen molar-refractivity contribution in [3.63, 3.8) is 0 Å². The van der Waals surface area contributed by atoms with Crippen molar-refractivity contribution in [3.8, 4) is 0 Å². The van der Waals surface area contributed by atoms with E-state index in [1.165, 1.54) is 0 Å². The molecule has 1 saturated heterocycles. The minimum Gasteiger partial charge on any atom is -0.314 e. The van der Waals surface area contributed by atoms with Crippen LogP contribution in [0.3, 0.4) is 0 Å². The number of hydrogen-bond donors (Lipinski definition) is 1. The molecule has 2 rings (SSSR count). The van der Waals surface area contributed by atoms with E-state index in [0.717, 1.165) is 41.8 Å². The fraction of sp³-hybridized carbons (Fsp3) is 0.538. The van der Waals surface area contributed by atoms with Crippen molar-refractivity contribution in [3.05, 3.63) is 33.8 Å². The molecule has 17 heavy (non-hydrogen) atoms. The van der Waals surface area contributed by atoms with Gasteiger partial charge in [0.1, 0.15) is 0 Å². The zero-order valence-corrected chi connectivity index (χ0v) is 11.8. The lowest BCUT2D eigenvalue weighted by molar-refractivity contribution is 0.0828. The molecule has 0 radical (unpaired) electrons. The van der Waals surface area contributed by atoms with Crippen molar-refractivity contribution >= 4 is 23.2 Å². The molecule has 1 heterocycles. The van der Waals surface area contributed by atoms with E-state index in [1.54, 1.807) is 0 Å². The summed E-state index contributed by atoms with van der Waals surface area (Å²) in [7, 11) is 0. The Morgan fingerprint density at radius 3 is 2.82 bits per heavy atom. The van der Waals surface area contributed by atoms with Crippen molar-refractivity contribution in [2.24, 2.45) is 0 Å². The third-order valence-electron chi connectivity index (χ3n) is 3.34. The lowest BCUT2D eigenvalue weighted by Crippen LogP contribution is -2.57. The number of piperazine rings is 1. The maximum atomic E-state index is 6.21. The van der Waals surface area contributed by atoms with Gasteiger partial charge in [-0.15, -0.1) is 0 Å². The van der Waals surface area contributed by atoms with Crippen molar-refractivity contribution in [2.75, 3.05) is 19.6 Å². The number of halogens is 2. The van der Waals surface area contributed by atoms with Crippen LogP contribution in [0.1, 0.15) is 19.4 Å². The van der Waals surface area contributed by atoms with Gasteiger partial charge in [0.15, 0.2) is 0 Å². The molecular formula is C13H18Cl2N2. The molecular weight excluding hydrogens is 255 g/mol.